The quantitative estimate of drug-likeness (QED) is 0.659. The van der Waals surface area contributed by atoms with Crippen LogP contribution in [0.15, 0.2) is 24.3 Å². The summed E-state index contributed by atoms with van der Waals surface area (Å²) in [5.74, 6) is -2.03. The topological polar surface area (TPSA) is 93.7 Å². The van der Waals surface area contributed by atoms with Gasteiger partial charge in [0.25, 0.3) is 5.91 Å². The Bertz CT molecular complexity index is 536. The third-order valence-electron chi connectivity index (χ3n) is 2.34. The monoisotopic (exact) mass is 312 g/mol. The van der Waals surface area contributed by atoms with Crippen LogP contribution in [0.3, 0.4) is 0 Å². The van der Waals surface area contributed by atoms with Crippen LogP contribution in [0.4, 0.5) is 4.39 Å². The van der Waals surface area contributed by atoms with Crippen molar-refractivity contribution in [3.05, 3.63) is 30.1 Å². The van der Waals surface area contributed by atoms with Crippen LogP contribution in [-0.2, 0) is 19.1 Å². The van der Waals surface area contributed by atoms with E-state index in [1.54, 1.807) is 6.92 Å². The Labute approximate surface area is 126 Å². The third-order valence-corrected chi connectivity index (χ3v) is 2.34. The molecule has 7 nitrogen and oxygen atoms in total. The van der Waals surface area contributed by atoms with Crippen LogP contribution in [0, 0.1) is 5.82 Å². The van der Waals surface area contributed by atoms with Crippen molar-refractivity contribution in [1.29, 1.82) is 0 Å². The van der Waals surface area contributed by atoms with E-state index in [9.17, 15) is 18.8 Å². The SMILES string of the molecule is CCNC(=O)CNC(=O)COC(=O)COc1cccc(F)c1. The molecule has 0 atom stereocenters. The van der Waals surface area contributed by atoms with Gasteiger partial charge in [0.1, 0.15) is 11.6 Å². The molecule has 2 N–H and O–H groups in total. The van der Waals surface area contributed by atoms with Crippen LogP contribution in [0.2, 0.25) is 0 Å². The maximum absolute atomic E-state index is 12.9. The summed E-state index contributed by atoms with van der Waals surface area (Å²) >= 11 is 0. The molecule has 1 aromatic carbocycles. The lowest BCUT2D eigenvalue weighted by Crippen LogP contribution is -2.38. The van der Waals surface area contributed by atoms with E-state index >= 15 is 0 Å². The molecule has 8 heteroatoms. The van der Waals surface area contributed by atoms with Crippen molar-refractivity contribution in [2.75, 3.05) is 26.3 Å². The van der Waals surface area contributed by atoms with Crippen LogP contribution in [0.25, 0.3) is 0 Å². The Kier molecular flexibility index (Phi) is 7.38. The summed E-state index contributed by atoms with van der Waals surface area (Å²) in [6.45, 7) is 1.04. The second kappa shape index (κ2) is 9.32. The van der Waals surface area contributed by atoms with Gasteiger partial charge in [-0.15, -0.1) is 0 Å². The minimum Gasteiger partial charge on any atom is -0.482 e. The second-order valence-corrected chi connectivity index (χ2v) is 4.14. The molecule has 120 valence electrons. The van der Waals surface area contributed by atoms with Crippen molar-refractivity contribution >= 4 is 17.8 Å². The summed E-state index contributed by atoms with van der Waals surface area (Å²) in [5.41, 5.74) is 0. The molecule has 0 unspecified atom stereocenters. The van der Waals surface area contributed by atoms with Crippen LogP contribution in [0.5, 0.6) is 5.75 Å². The Balaban J connectivity index is 2.20. The van der Waals surface area contributed by atoms with Gasteiger partial charge in [-0.05, 0) is 19.1 Å². The van der Waals surface area contributed by atoms with Crippen LogP contribution >= 0.6 is 0 Å². The van der Waals surface area contributed by atoms with Gasteiger partial charge in [0.2, 0.25) is 5.91 Å². The van der Waals surface area contributed by atoms with Gasteiger partial charge in [-0.3, -0.25) is 9.59 Å². The lowest BCUT2D eigenvalue weighted by Gasteiger charge is -2.08. The molecule has 0 aliphatic rings. The molecule has 2 amide bonds. The van der Waals surface area contributed by atoms with Crippen molar-refractivity contribution in [3.63, 3.8) is 0 Å². The van der Waals surface area contributed by atoms with E-state index < -0.39 is 30.9 Å². The highest BCUT2D eigenvalue weighted by Crippen LogP contribution is 2.11. The fraction of sp³-hybridized carbons (Fsp3) is 0.357. The highest BCUT2D eigenvalue weighted by atomic mass is 19.1. The van der Waals surface area contributed by atoms with Crippen molar-refractivity contribution in [3.8, 4) is 5.75 Å². The number of esters is 1. The van der Waals surface area contributed by atoms with Gasteiger partial charge in [-0.25, -0.2) is 9.18 Å². The van der Waals surface area contributed by atoms with Gasteiger partial charge in [-0.2, -0.15) is 0 Å². The number of amides is 2. The molecule has 0 heterocycles. The number of halogens is 1. The van der Waals surface area contributed by atoms with E-state index in [0.717, 1.165) is 6.07 Å². The number of carbonyl (C=O) groups is 3. The molecular formula is C14H17FN2O5. The maximum atomic E-state index is 12.9. The van der Waals surface area contributed by atoms with E-state index in [4.69, 9.17) is 4.74 Å². The molecule has 0 aliphatic heterocycles. The predicted molar refractivity (Wildman–Crippen MR) is 74.5 cm³/mol. The molecule has 1 aromatic rings. The van der Waals surface area contributed by atoms with Gasteiger partial charge in [0.15, 0.2) is 13.2 Å². The Morgan fingerprint density at radius 3 is 2.59 bits per heavy atom. The summed E-state index contributed by atoms with van der Waals surface area (Å²) in [7, 11) is 0. The van der Waals surface area contributed by atoms with Crippen molar-refractivity contribution in [1.82, 2.24) is 10.6 Å². The van der Waals surface area contributed by atoms with Gasteiger partial charge in [-0.1, -0.05) is 6.07 Å². The summed E-state index contributed by atoms with van der Waals surface area (Å²) < 4.78 is 22.5. The molecule has 0 aliphatic carbocycles. The zero-order chi connectivity index (χ0) is 16.4. The lowest BCUT2D eigenvalue weighted by molar-refractivity contribution is -0.150. The van der Waals surface area contributed by atoms with Crippen molar-refractivity contribution in [2.45, 2.75) is 6.92 Å². The average Bonchev–Trinajstić information content (AvgIpc) is 2.49. The Hall–Kier alpha value is -2.64. The minimum atomic E-state index is -0.780. The fourth-order valence-electron chi connectivity index (χ4n) is 1.38. The van der Waals surface area contributed by atoms with E-state index in [-0.39, 0.29) is 18.2 Å². The molecule has 1 rings (SSSR count). The Morgan fingerprint density at radius 1 is 1.14 bits per heavy atom. The van der Waals surface area contributed by atoms with E-state index in [1.165, 1.54) is 18.2 Å². The van der Waals surface area contributed by atoms with Gasteiger partial charge in [0, 0.05) is 12.6 Å². The summed E-state index contributed by atoms with van der Waals surface area (Å²) in [5, 5.41) is 4.78. The normalized spacial score (nSPS) is 9.73. The standard InChI is InChI=1S/C14H17FN2O5/c1-2-16-12(18)7-17-13(19)8-22-14(20)9-21-11-5-3-4-10(15)6-11/h3-6H,2,7-9H2,1H3,(H,16,18)(H,17,19). The molecular weight excluding hydrogens is 295 g/mol. The highest BCUT2D eigenvalue weighted by molar-refractivity contribution is 5.86. The highest BCUT2D eigenvalue weighted by Gasteiger charge is 2.09. The van der Waals surface area contributed by atoms with Crippen LogP contribution in [-0.4, -0.2) is 44.1 Å². The lowest BCUT2D eigenvalue weighted by atomic mass is 10.3. The first-order chi connectivity index (χ1) is 10.5. The number of nitrogens with one attached hydrogen (secondary N) is 2. The molecule has 0 aromatic heterocycles. The summed E-state index contributed by atoms with van der Waals surface area (Å²) in [6, 6.07) is 5.27. The molecule has 0 spiro atoms. The molecule has 0 radical (unpaired) electrons. The van der Waals surface area contributed by atoms with Crippen molar-refractivity contribution in [2.24, 2.45) is 0 Å². The number of hydrogen-bond acceptors (Lipinski definition) is 5. The fourth-order valence-corrected chi connectivity index (χ4v) is 1.38. The first-order valence-electron chi connectivity index (χ1n) is 6.58. The number of likely N-dealkylation sites (N-methyl/N-ethyl adjacent to an activating group) is 1. The number of ether oxygens (including phenoxy) is 2. The Morgan fingerprint density at radius 2 is 1.91 bits per heavy atom. The first kappa shape index (κ1) is 17.4. The zero-order valence-electron chi connectivity index (χ0n) is 12.1. The molecule has 0 bridgehead atoms. The van der Waals surface area contributed by atoms with Crippen LogP contribution < -0.4 is 15.4 Å². The number of benzene rings is 1. The molecule has 0 saturated carbocycles. The number of carbonyl (C=O) groups excluding carboxylic acids is 3. The van der Waals surface area contributed by atoms with Gasteiger partial charge in [0.05, 0.1) is 6.54 Å². The number of hydrogen-bond donors (Lipinski definition) is 2. The summed E-state index contributed by atoms with van der Waals surface area (Å²) in [6.07, 6.45) is 0. The van der Waals surface area contributed by atoms with E-state index in [1.807, 2.05) is 0 Å². The first-order valence-corrected chi connectivity index (χ1v) is 6.58. The van der Waals surface area contributed by atoms with E-state index in [0.29, 0.717) is 6.54 Å². The predicted octanol–water partition coefficient (Wildman–Crippen LogP) is 0.000000000000000666. The number of rotatable bonds is 8. The minimum absolute atomic E-state index is 0.178. The molecule has 0 fully saturated rings. The van der Waals surface area contributed by atoms with Crippen LogP contribution in [0.1, 0.15) is 6.92 Å². The maximum Gasteiger partial charge on any atom is 0.344 e. The molecule has 0 saturated heterocycles. The van der Waals surface area contributed by atoms with E-state index in [2.05, 4.69) is 15.4 Å². The smallest absolute Gasteiger partial charge is 0.344 e. The average molecular weight is 312 g/mol. The van der Waals surface area contributed by atoms with Crippen molar-refractivity contribution < 1.29 is 28.2 Å². The van der Waals surface area contributed by atoms with Gasteiger partial charge < -0.3 is 20.1 Å². The molecule has 22 heavy (non-hydrogen) atoms. The zero-order valence-corrected chi connectivity index (χ0v) is 12.1. The summed E-state index contributed by atoms with van der Waals surface area (Å²) in [4.78, 5) is 33.8. The third kappa shape index (κ3) is 7.22. The van der Waals surface area contributed by atoms with Gasteiger partial charge >= 0.3 is 5.97 Å². The second-order valence-electron chi connectivity index (χ2n) is 4.14. The largest absolute Gasteiger partial charge is 0.482 e.